The highest BCUT2D eigenvalue weighted by molar-refractivity contribution is 5.66. The summed E-state index contributed by atoms with van der Waals surface area (Å²) in [6.07, 6.45) is 1.05. The van der Waals surface area contributed by atoms with E-state index in [1.54, 1.807) is 7.11 Å². The number of ether oxygens (including phenoxy) is 2. The lowest BCUT2D eigenvalue weighted by atomic mass is 10.1. The summed E-state index contributed by atoms with van der Waals surface area (Å²) in [6, 6.07) is 13.8. The van der Waals surface area contributed by atoms with Crippen molar-refractivity contribution >= 4 is 5.69 Å². The minimum Gasteiger partial charge on any atom is -0.493 e. The van der Waals surface area contributed by atoms with Crippen LogP contribution in [0.5, 0.6) is 17.2 Å². The van der Waals surface area contributed by atoms with Crippen molar-refractivity contribution in [1.82, 2.24) is 0 Å². The Kier molecular flexibility index (Phi) is 2.81. The van der Waals surface area contributed by atoms with Crippen LogP contribution in [0.1, 0.15) is 5.56 Å². The van der Waals surface area contributed by atoms with E-state index in [1.807, 2.05) is 36.4 Å². The van der Waals surface area contributed by atoms with Crippen molar-refractivity contribution in [2.45, 2.75) is 6.42 Å². The molecule has 92 valence electrons. The summed E-state index contributed by atoms with van der Waals surface area (Å²) in [7, 11) is 1.65. The van der Waals surface area contributed by atoms with Crippen LogP contribution in [0.25, 0.3) is 0 Å². The van der Waals surface area contributed by atoms with E-state index >= 15 is 0 Å². The molecule has 0 bridgehead atoms. The van der Waals surface area contributed by atoms with Crippen LogP contribution < -0.4 is 14.8 Å². The van der Waals surface area contributed by atoms with E-state index in [-0.39, 0.29) is 0 Å². The van der Waals surface area contributed by atoms with Crippen molar-refractivity contribution < 1.29 is 9.47 Å². The number of para-hydroxylation sites is 3. The van der Waals surface area contributed by atoms with Crippen LogP contribution in [0.2, 0.25) is 0 Å². The number of fused-ring (bicyclic) bond motifs is 1. The maximum atomic E-state index is 5.96. The number of hydrogen-bond donors (Lipinski definition) is 1. The number of nitrogens with one attached hydrogen (secondary N) is 1. The Balaban J connectivity index is 1.95. The van der Waals surface area contributed by atoms with Crippen molar-refractivity contribution in [3.8, 4) is 17.2 Å². The van der Waals surface area contributed by atoms with Gasteiger partial charge in [-0.3, -0.25) is 0 Å². The van der Waals surface area contributed by atoms with Gasteiger partial charge in [-0.25, -0.2) is 0 Å². The van der Waals surface area contributed by atoms with Gasteiger partial charge in [0.25, 0.3) is 0 Å². The predicted octanol–water partition coefficient (Wildman–Crippen LogP) is 3.46. The first-order chi connectivity index (χ1) is 8.88. The van der Waals surface area contributed by atoms with Gasteiger partial charge in [0.15, 0.2) is 17.2 Å². The van der Waals surface area contributed by atoms with Gasteiger partial charge in [0.1, 0.15) is 0 Å². The maximum Gasteiger partial charge on any atom is 0.169 e. The maximum absolute atomic E-state index is 5.96. The van der Waals surface area contributed by atoms with E-state index in [1.165, 1.54) is 5.56 Å². The highest BCUT2D eigenvalue weighted by atomic mass is 16.5. The summed E-state index contributed by atoms with van der Waals surface area (Å²) in [5.74, 6) is 2.34. The van der Waals surface area contributed by atoms with Gasteiger partial charge in [-0.2, -0.15) is 0 Å². The number of anilines is 1. The number of rotatable bonds is 3. The van der Waals surface area contributed by atoms with E-state index in [9.17, 15) is 0 Å². The summed E-state index contributed by atoms with van der Waals surface area (Å²) in [5, 5.41) is 3.36. The molecule has 1 aliphatic heterocycles. The quantitative estimate of drug-likeness (QED) is 0.892. The van der Waals surface area contributed by atoms with Crippen LogP contribution in [-0.2, 0) is 6.42 Å². The van der Waals surface area contributed by atoms with Crippen LogP contribution in [0.4, 0.5) is 5.69 Å². The zero-order valence-corrected chi connectivity index (χ0v) is 10.3. The van der Waals surface area contributed by atoms with Crippen LogP contribution >= 0.6 is 0 Å². The topological polar surface area (TPSA) is 30.5 Å². The molecule has 0 amide bonds. The fourth-order valence-electron chi connectivity index (χ4n) is 2.21. The molecule has 0 spiro atoms. The summed E-state index contributed by atoms with van der Waals surface area (Å²) in [5.41, 5.74) is 2.41. The second kappa shape index (κ2) is 4.61. The van der Waals surface area contributed by atoms with Crippen molar-refractivity contribution in [1.29, 1.82) is 0 Å². The second-order valence-electron chi connectivity index (χ2n) is 4.22. The molecular formula is C15H15NO2. The molecule has 0 unspecified atom stereocenters. The lowest BCUT2D eigenvalue weighted by Gasteiger charge is -2.13. The molecular weight excluding hydrogens is 226 g/mol. The summed E-state index contributed by atoms with van der Waals surface area (Å²) >= 11 is 0. The molecule has 1 N–H and O–H groups in total. The van der Waals surface area contributed by atoms with Gasteiger partial charge in [0.05, 0.1) is 12.8 Å². The zero-order valence-electron chi connectivity index (χ0n) is 10.3. The first kappa shape index (κ1) is 11.0. The summed E-state index contributed by atoms with van der Waals surface area (Å²) in [6.45, 7) is 0.974. The third kappa shape index (κ3) is 1.88. The molecule has 0 saturated carbocycles. The minimum atomic E-state index is 0.738. The molecule has 18 heavy (non-hydrogen) atoms. The van der Waals surface area contributed by atoms with E-state index in [0.717, 1.165) is 35.9 Å². The average Bonchev–Trinajstić information content (AvgIpc) is 2.89. The lowest BCUT2D eigenvalue weighted by molar-refractivity contribution is 0.379. The molecule has 0 fully saturated rings. The van der Waals surface area contributed by atoms with E-state index in [4.69, 9.17) is 9.47 Å². The number of methoxy groups -OCH3 is 1. The normalized spacial score (nSPS) is 12.7. The Labute approximate surface area is 106 Å². The van der Waals surface area contributed by atoms with Crippen molar-refractivity contribution in [2.75, 3.05) is 19.0 Å². The molecule has 3 nitrogen and oxygen atoms in total. The van der Waals surface area contributed by atoms with E-state index in [0.29, 0.717) is 0 Å². The monoisotopic (exact) mass is 241 g/mol. The van der Waals surface area contributed by atoms with Crippen LogP contribution in [0.3, 0.4) is 0 Å². The lowest BCUT2D eigenvalue weighted by Crippen LogP contribution is -1.95. The predicted molar refractivity (Wildman–Crippen MR) is 71.7 cm³/mol. The van der Waals surface area contributed by atoms with Crippen LogP contribution in [0, 0.1) is 0 Å². The third-order valence-electron chi connectivity index (χ3n) is 3.10. The minimum absolute atomic E-state index is 0.738. The largest absolute Gasteiger partial charge is 0.493 e. The molecule has 0 aromatic heterocycles. The fourth-order valence-corrected chi connectivity index (χ4v) is 2.21. The Morgan fingerprint density at radius 3 is 2.56 bits per heavy atom. The third-order valence-corrected chi connectivity index (χ3v) is 3.10. The van der Waals surface area contributed by atoms with Gasteiger partial charge in [0, 0.05) is 6.54 Å². The van der Waals surface area contributed by atoms with Gasteiger partial charge in [-0.1, -0.05) is 24.3 Å². The smallest absolute Gasteiger partial charge is 0.169 e. The molecule has 1 heterocycles. The molecule has 3 rings (SSSR count). The molecule has 0 atom stereocenters. The van der Waals surface area contributed by atoms with Gasteiger partial charge >= 0.3 is 0 Å². The van der Waals surface area contributed by atoms with Gasteiger partial charge in [-0.15, -0.1) is 0 Å². The SMILES string of the molecule is COc1ccccc1Oc1cccc2c1NCC2. The first-order valence-corrected chi connectivity index (χ1v) is 6.05. The van der Waals surface area contributed by atoms with Crippen molar-refractivity contribution in [3.63, 3.8) is 0 Å². The molecule has 0 radical (unpaired) electrons. The molecule has 0 saturated heterocycles. The zero-order chi connectivity index (χ0) is 12.4. The van der Waals surface area contributed by atoms with E-state index in [2.05, 4.69) is 11.4 Å². The molecule has 1 aliphatic rings. The molecule has 3 heteroatoms. The standard InChI is InChI=1S/C15H15NO2/c1-17-12-6-2-3-7-13(12)18-14-8-4-5-11-9-10-16-15(11)14/h2-8,16H,9-10H2,1H3. The Morgan fingerprint density at radius 1 is 0.944 bits per heavy atom. The number of hydrogen-bond acceptors (Lipinski definition) is 3. The van der Waals surface area contributed by atoms with E-state index < -0.39 is 0 Å². The summed E-state index contributed by atoms with van der Waals surface area (Å²) < 4.78 is 11.2. The highest BCUT2D eigenvalue weighted by Gasteiger charge is 2.16. The average molecular weight is 241 g/mol. The Bertz CT molecular complexity index is 566. The first-order valence-electron chi connectivity index (χ1n) is 6.05. The highest BCUT2D eigenvalue weighted by Crippen LogP contribution is 2.38. The van der Waals surface area contributed by atoms with Crippen LogP contribution in [-0.4, -0.2) is 13.7 Å². The Morgan fingerprint density at radius 2 is 1.72 bits per heavy atom. The fraction of sp³-hybridized carbons (Fsp3) is 0.200. The number of benzene rings is 2. The van der Waals surface area contributed by atoms with Crippen molar-refractivity contribution in [2.24, 2.45) is 0 Å². The van der Waals surface area contributed by atoms with Crippen molar-refractivity contribution in [3.05, 3.63) is 48.0 Å². The molecule has 2 aromatic carbocycles. The molecule has 0 aliphatic carbocycles. The van der Waals surface area contributed by atoms with Crippen LogP contribution in [0.15, 0.2) is 42.5 Å². The second-order valence-corrected chi connectivity index (χ2v) is 4.22. The van der Waals surface area contributed by atoms with Gasteiger partial charge in [-0.05, 0) is 30.2 Å². The molecule has 2 aromatic rings. The van der Waals surface area contributed by atoms with Gasteiger partial charge < -0.3 is 14.8 Å². The summed E-state index contributed by atoms with van der Waals surface area (Å²) in [4.78, 5) is 0. The Hall–Kier alpha value is -2.16. The van der Waals surface area contributed by atoms with Gasteiger partial charge in [0.2, 0.25) is 0 Å².